The predicted molar refractivity (Wildman–Crippen MR) is 131 cm³/mol. The van der Waals surface area contributed by atoms with Crippen molar-refractivity contribution < 1.29 is 9.21 Å². The maximum atomic E-state index is 11.8. The second kappa shape index (κ2) is 11.9. The van der Waals surface area contributed by atoms with Gasteiger partial charge in [-0.1, -0.05) is 48.8 Å². The molecule has 3 N–H and O–H groups in total. The van der Waals surface area contributed by atoms with Crippen LogP contribution in [0.5, 0.6) is 0 Å². The minimum absolute atomic E-state index is 0.0505. The second-order valence-corrected chi connectivity index (χ2v) is 8.03. The van der Waals surface area contributed by atoms with E-state index in [4.69, 9.17) is 16.6 Å². The molecule has 33 heavy (non-hydrogen) atoms. The van der Waals surface area contributed by atoms with Crippen molar-refractivity contribution in [2.45, 2.75) is 52.6 Å². The Morgan fingerprint density at radius 2 is 2.03 bits per heavy atom. The first-order chi connectivity index (χ1) is 16.0. The first kappa shape index (κ1) is 24.1. The number of hydrogen-bond donors (Lipinski definition) is 3. The zero-order chi connectivity index (χ0) is 23.6. The second-order valence-electron chi connectivity index (χ2n) is 7.66. The largest absolute Gasteiger partial charge is 0.409 e. The molecule has 1 aliphatic heterocycles. The number of hydrogen-bond acceptors (Lipinski definition) is 8. The Balaban J connectivity index is 0.000000203. The Morgan fingerprint density at radius 3 is 2.70 bits per heavy atom. The summed E-state index contributed by atoms with van der Waals surface area (Å²) in [7, 11) is 0. The number of nitrogens with zero attached hydrogens (tertiary/aromatic N) is 4. The molecule has 0 fully saturated rings. The number of aromatic amines is 1. The van der Waals surface area contributed by atoms with Gasteiger partial charge in [0.05, 0.1) is 5.69 Å². The maximum Gasteiger partial charge on any atom is 0.284 e. The molecule has 1 amide bonds. The van der Waals surface area contributed by atoms with Gasteiger partial charge in [-0.15, -0.1) is 10.2 Å². The minimum atomic E-state index is -0.0505. The molecule has 0 aliphatic carbocycles. The summed E-state index contributed by atoms with van der Waals surface area (Å²) in [6.07, 6.45) is 3.66. The SMILES string of the molecule is CCCCCC(=O)Nc1cccc(N2NN=NC2C)c1.Cc1cccc(-c2n[nH]c(=S)o2)c1. The number of carbonyl (C=O) groups excluding carboxylic acids is 1. The number of anilines is 2. The molecule has 4 rings (SSSR count). The van der Waals surface area contributed by atoms with Crippen molar-refractivity contribution >= 4 is 29.5 Å². The first-order valence-electron chi connectivity index (χ1n) is 10.9. The number of nitrogens with one attached hydrogen (secondary N) is 3. The normalized spacial score (nSPS) is 14.4. The van der Waals surface area contributed by atoms with Gasteiger partial charge in [0.15, 0.2) is 6.17 Å². The number of amides is 1. The predicted octanol–water partition coefficient (Wildman–Crippen LogP) is 5.95. The molecule has 10 heteroatoms. The van der Waals surface area contributed by atoms with Crippen LogP contribution in [0.1, 0.15) is 45.1 Å². The Labute approximate surface area is 198 Å². The highest BCUT2D eigenvalue weighted by molar-refractivity contribution is 7.71. The Bertz CT molecular complexity index is 1140. The number of rotatable bonds is 7. The van der Waals surface area contributed by atoms with E-state index in [-0.39, 0.29) is 12.1 Å². The van der Waals surface area contributed by atoms with Gasteiger partial charge in [-0.2, -0.15) is 5.53 Å². The van der Waals surface area contributed by atoms with Gasteiger partial charge in [0.25, 0.3) is 4.84 Å². The van der Waals surface area contributed by atoms with E-state index in [2.05, 4.69) is 38.3 Å². The molecular weight excluding hydrogens is 438 g/mol. The highest BCUT2D eigenvalue weighted by Gasteiger charge is 2.18. The molecule has 1 aromatic heterocycles. The molecule has 9 nitrogen and oxygen atoms in total. The Morgan fingerprint density at radius 1 is 1.21 bits per heavy atom. The van der Waals surface area contributed by atoms with Crippen LogP contribution in [0.4, 0.5) is 11.4 Å². The van der Waals surface area contributed by atoms with Gasteiger partial charge in [-0.05, 0) is 62.8 Å². The van der Waals surface area contributed by atoms with Crippen molar-refractivity contribution in [3.05, 3.63) is 58.9 Å². The van der Waals surface area contributed by atoms with E-state index < -0.39 is 0 Å². The number of unbranched alkanes of at least 4 members (excludes halogenated alkanes) is 2. The van der Waals surface area contributed by atoms with Crippen LogP contribution in [0.15, 0.2) is 63.3 Å². The molecular formula is C23H29N7O2S. The lowest BCUT2D eigenvalue weighted by Gasteiger charge is -2.20. The van der Waals surface area contributed by atoms with Gasteiger partial charge in [-0.3, -0.25) is 4.79 Å². The molecule has 2 aromatic carbocycles. The molecule has 1 atom stereocenters. The summed E-state index contributed by atoms with van der Waals surface area (Å²) in [4.78, 5) is 12.1. The monoisotopic (exact) mass is 467 g/mol. The van der Waals surface area contributed by atoms with Crippen LogP contribution in [-0.4, -0.2) is 22.3 Å². The van der Waals surface area contributed by atoms with E-state index in [0.717, 1.165) is 36.2 Å². The van der Waals surface area contributed by atoms with Gasteiger partial charge in [0.1, 0.15) is 0 Å². The minimum Gasteiger partial charge on any atom is -0.409 e. The fourth-order valence-corrected chi connectivity index (χ4v) is 3.31. The highest BCUT2D eigenvalue weighted by Crippen LogP contribution is 2.22. The van der Waals surface area contributed by atoms with Crippen LogP contribution in [0.25, 0.3) is 11.5 Å². The average molecular weight is 468 g/mol. The number of H-pyrrole nitrogens is 1. The summed E-state index contributed by atoms with van der Waals surface area (Å²) >= 11 is 4.78. The number of aryl methyl sites for hydroxylation is 1. The van der Waals surface area contributed by atoms with Crippen LogP contribution >= 0.6 is 12.2 Å². The van der Waals surface area contributed by atoms with Crippen molar-refractivity contribution in [3.8, 4) is 11.5 Å². The first-order valence-corrected chi connectivity index (χ1v) is 11.3. The van der Waals surface area contributed by atoms with Crippen molar-refractivity contribution in [3.63, 3.8) is 0 Å². The molecule has 3 aromatic rings. The van der Waals surface area contributed by atoms with Crippen LogP contribution in [-0.2, 0) is 4.79 Å². The highest BCUT2D eigenvalue weighted by atomic mass is 32.1. The third-order valence-corrected chi connectivity index (χ3v) is 5.04. The van der Waals surface area contributed by atoms with E-state index in [1.54, 1.807) is 0 Å². The average Bonchev–Trinajstić information content (AvgIpc) is 3.43. The summed E-state index contributed by atoms with van der Waals surface area (Å²) in [6.45, 7) is 6.09. The van der Waals surface area contributed by atoms with E-state index in [9.17, 15) is 4.79 Å². The van der Waals surface area contributed by atoms with Crippen molar-refractivity contribution in [1.29, 1.82) is 0 Å². The third kappa shape index (κ3) is 7.25. The van der Waals surface area contributed by atoms with E-state index in [1.165, 1.54) is 5.56 Å². The van der Waals surface area contributed by atoms with E-state index in [1.807, 2.05) is 67.4 Å². The summed E-state index contributed by atoms with van der Waals surface area (Å²) in [5, 5.41) is 19.0. The smallest absolute Gasteiger partial charge is 0.284 e. The van der Waals surface area contributed by atoms with E-state index in [0.29, 0.717) is 17.1 Å². The zero-order valence-electron chi connectivity index (χ0n) is 19.0. The molecule has 174 valence electrons. The molecule has 0 bridgehead atoms. The molecule has 0 radical (unpaired) electrons. The van der Waals surface area contributed by atoms with Crippen molar-refractivity contribution in [2.75, 3.05) is 10.3 Å². The number of aromatic nitrogens is 2. The van der Waals surface area contributed by atoms with E-state index >= 15 is 0 Å². The zero-order valence-corrected chi connectivity index (χ0v) is 19.9. The molecule has 0 saturated heterocycles. The maximum absolute atomic E-state index is 11.8. The lowest BCUT2D eigenvalue weighted by molar-refractivity contribution is -0.116. The van der Waals surface area contributed by atoms with Gasteiger partial charge in [0.2, 0.25) is 11.8 Å². The van der Waals surface area contributed by atoms with Crippen LogP contribution < -0.4 is 15.9 Å². The van der Waals surface area contributed by atoms with Gasteiger partial charge in [-0.25, -0.2) is 10.1 Å². The Kier molecular flexibility index (Phi) is 8.71. The van der Waals surface area contributed by atoms with Gasteiger partial charge >= 0.3 is 0 Å². The number of hydrazine groups is 1. The molecule has 2 heterocycles. The molecule has 1 unspecified atom stereocenters. The topological polar surface area (TPSA) is 111 Å². The van der Waals surface area contributed by atoms with Crippen LogP contribution in [0.2, 0.25) is 0 Å². The fourth-order valence-electron chi connectivity index (χ4n) is 3.19. The van der Waals surface area contributed by atoms with Gasteiger partial charge < -0.3 is 9.73 Å². The quantitative estimate of drug-likeness (QED) is 0.292. The van der Waals surface area contributed by atoms with Crippen LogP contribution in [0, 0.1) is 11.8 Å². The third-order valence-electron chi connectivity index (χ3n) is 4.87. The lowest BCUT2D eigenvalue weighted by Crippen LogP contribution is -2.35. The van der Waals surface area contributed by atoms with Crippen molar-refractivity contribution in [1.82, 2.24) is 15.7 Å². The summed E-state index contributed by atoms with van der Waals surface area (Å²) in [5.41, 5.74) is 6.65. The van der Waals surface area contributed by atoms with Crippen LogP contribution in [0.3, 0.4) is 0 Å². The standard InChI is InChI=1S/C14H21N5O.C9H8N2OS/c1-3-4-5-9-14(20)15-12-7-6-8-13(10-12)19-11(2)16-17-18-19;1-6-3-2-4-7(5-6)8-10-11-9(13)12-8/h6-8,10-11H,3-5,9H2,1-2H3,(H,15,20)(H,16,18);2-5H,1H3,(H,11,13). The summed E-state index contributed by atoms with van der Waals surface area (Å²) < 4.78 is 5.17. The lowest BCUT2D eigenvalue weighted by atomic mass is 10.1. The van der Waals surface area contributed by atoms with Gasteiger partial charge in [0, 0.05) is 17.7 Å². The van der Waals surface area contributed by atoms with Crippen molar-refractivity contribution in [2.24, 2.45) is 10.3 Å². The number of carbonyl (C=O) groups is 1. The fraction of sp³-hybridized carbons (Fsp3) is 0.348. The summed E-state index contributed by atoms with van der Waals surface area (Å²) in [6, 6.07) is 15.6. The molecule has 0 spiro atoms. The molecule has 1 aliphatic rings. The summed E-state index contributed by atoms with van der Waals surface area (Å²) in [5.74, 6) is 0.598. The number of benzene rings is 2. The molecule has 0 saturated carbocycles. The Hall–Kier alpha value is -3.53.